The molecule has 0 radical (unpaired) electrons. The normalized spacial score (nSPS) is 20.1. The predicted octanol–water partition coefficient (Wildman–Crippen LogP) is 1.76. The van der Waals surface area contributed by atoms with Crippen molar-refractivity contribution in [3.05, 3.63) is 35.9 Å². The first-order chi connectivity index (χ1) is 5.88. The van der Waals surface area contributed by atoms with Gasteiger partial charge in [0.2, 0.25) is 0 Å². The fourth-order valence-electron chi connectivity index (χ4n) is 1.57. The van der Waals surface area contributed by atoms with Gasteiger partial charge in [0.25, 0.3) is 0 Å². The summed E-state index contributed by atoms with van der Waals surface area (Å²) >= 11 is 0. The third kappa shape index (κ3) is 1.43. The molecule has 0 aliphatic carbocycles. The minimum Gasteiger partial charge on any atom is -0.630 e. The molecule has 1 unspecified atom stereocenters. The van der Waals surface area contributed by atoms with Crippen LogP contribution in [0.4, 0.5) is 0 Å². The SMILES string of the molecule is [O-][P+]1=C(c2ccccc2)CCC1. The molecule has 0 bridgehead atoms. The molecule has 0 amide bonds. The largest absolute Gasteiger partial charge is 0.630 e. The highest BCUT2D eigenvalue weighted by atomic mass is 31.1. The van der Waals surface area contributed by atoms with Gasteiger partial charge in [-0.25, -0.2) is 0 Å². The molecule has 1 aliphatic rings. The van der Waals surface area contributed by atoms with Crippen LogP contribution >= 0.6 is 7.77 Å². The Bertz CT molecular complexity index is 303. The van der Waals surface area contributed by atoms with Crippen LogP contribution < -0.4 is 4.89 Å². The third-order valence-electron chi connectivity index (χ3n) is 2.18. The minimum atomic E-state index is -1.04. The molecule has 1 heterocycles. The van der Waals surface area contributed by atoms with E-state index in [0.717, 1.165) is 19.0 Å². The lowest BCUT2D eigenvalue weighted by Gasteiger charge is -1.98. The van der Waals surface area contributed by atoms with Gasteiger partial charge in [-0.15, -0.1) is 0 Å². The summed E-state index contributed by atoms with van der Waals surface area (Å²) in [5, 5.41) is 1.17. The summed E-state index contributed by atoms with van der Waals surface area (Å²) < 4.78 is 0. The Kier molecular flexibility index (Phi) is 2.25. The Morgan fingerprint density at radius 1 is 1.17 bits per heavy atom. The van der Waals surface area contributed by atoms with Crippen LogP contribution in [0.25, 0.3) is 0 Å². The molecule has 0 spiro atoms. The summed E-state index contributed by atoms with van der Waals surface area (Å²) in [5.74, 6) is 0. The standard InChI is InChI=1S/C10H11OP/c11-12-8-4-7-10(12)9-5-2-1-3-6-9/h1-3,5-6H,4,7-8H2. The van der Waals surface area contributed by atoms with Crippen molar-refractivity contribution in [3.8, 4) is 0 Å². The molecule has 1 atom stereocenters. The van der Waals surface area contributed by atoms with Gasteiger partial charge >= 0.3 is 0 Å². The van der Waals surface area contributed by atoms with Crippen molar-refractivity contribution < 1.29 is 4.89 Å². The van der Waals surface area contributed by atoms with E-state index < -0.39 is 7.77 Å². The van der Waals surface area contributed by atoms with Gasteiger partial charge in [-0.05, 0) is 6.42 Å². The maximum atomic E-state index is 11.5. The van der Waals surface area contributed by atoms with E-state index in [-0.39, 0.29) is 0 Å². The number of hydrogen-bond acceptors (Lipinski definition) is 1. The van der Waals surface area contributed by atoms with Crippen LogP contribution in [0.5, 0.6) is 0 Å². The van der Waals surface area contributed by atoms with Gasteiger partial charge in [0.05, 0.1) is 7.77 Å². The molecular formula is C10H11OP. The van der Waals surface area contributed by atoms with Crippen LogP contribution in [0.15, 0.2) is 30.3 Å². The molecule has 1 aromatic carbocycles. The highest BCUT2D eigenvalue weighted by Crippen LogP contribution is 2.29. The first-order valence-corrected chi connectivity index (χ1v) is 5.68. The minimum absolute atomic E-state index is 0.888. The van der Waals surface area contributed by atoms with Crippen LogP contribution in [-0.4, -0.2) is 11.5 Å². The first kappa shape index (κ1) is 7.97. The van der Waals surface area contributed by atoms with E-state index in [2.05, 4.69) is 0 Å². The molecule has 2 heteroatoms. The highest BCUT2D eigenvalue weighted by Gasteiger charge is 2.18. The van der Waals surface area contributed by atoms with E-state index in [1.807, 2.05) is 30.3 Å². The second-order valence-corrected chi connectivity index (χ2v) is 4.76. The quantitative estimate of drug-likeness (QED) is 0.601. The Balaban J connectivity index is 2.37. The van der Waals surface area contributed by atoms with Crippen molar-refractivity contribution in [2.45, 2.75) is 12.8 Å². The lowest BCUT2D eigenvalue weighted by molar-refractivity contribution is -0.152. The van der Waals surface area contributed by atoms with Crippen LogP contribution in [0.3, 0.4) is 0 Å². The summed E-state index contributed by atoms with van der Waals surface area (Å²) in [6, 6.07) is 10.1. The molecule has 0 N–H and O–H groups in total. The van der Waals surface area contributed by atoms with Crippen molar-refractivity contribution in [1.29, 1.82) is 0 Å². The summed E-state index contributed by atoms with van der Waals surface area (Å²) in [7, 11) is -1.04. The zero-order valence-corrected chi connectivity index (χ0v) is 7.76. The van der Waals surface area contributed by atoms with E-state index in [4.69, 9.17) is 0 Å². The molecule has 1 aliphatic heterocycles. The molecule has 12 heavy (non-hydrogen) atoms. The van der Waals surface area contributed by atoms with Crippen molar-refractivity contribution in [3.63, 3.8) is 0 Å². The number of benzene rings is 1. The van der Waals surface area contributed by atoms with E-state index in [0.29, 0.717) is 0 Å². The zero-order chi connectivity index (χ0) is 8.39. The number of hydrogen-bond donors (Lipinski definition) is 0. The van der Waals surface area contributed by atoms with Gasteiger partial charge in [0.15, 0.2) is 0 Å². The van der Waals surface area contributed by atoms with E-state index >= 15 is 0 Å². The Labute approximate surface area is 73.5 Å². The van der Waals surface area contributed by atoms with Crippen LogP contribution in [0.1, 0.15) is 18.4 Å². The molecule has 0 aromatic heterocycles. The molecule has 1 aromatic rings. The van der Waals surface area contributed by atoms with E-state index in [1.54, 1.807) is 0 Å². The molecule has 0 saturated heterocycles. The topological polar surface area (TPSA) is 23.1 Å². The molecule has 0 fully saturated rings. The van der Waals surface area contributed by atoms with Crippen molar-refractivity contribution in [2.24, 2.45) is 0 Å². The monoisotopic (exact) mass is 178 g/mol. The summed E-state index contributed by atoms with van der Waals surface area (Å²) in [5.41, 5.74) is 1.18. The molecule has 2 rings (SSSR count). The van der Waals surface area contributed by atoms with E-state index in [9.17, 15) is 4.89 Å². The fourth-order valence-corrected chi connectivity index (χ4v) is 3.13. The van der Waals surface area contributed by atoms with Gasteiger partial charge in [-0.2, -0.15) is 0 Å². The smallest absolute Gasteiger partial charge is 0.124 e. The van der Waals surface area contributed by atoms with Crippen LogP contribution in [0.2, 0.25) is 0 Å². The maximum absolute atomic E-state index is 11.5. The molecule has 62 valence electrons. The van der Waals surface area contributed by atoms with Crippen molar-refractivity contribution in [2.75, 3.05) is 6.16 Å². The van der Waals surface area contributed by atoms with Crippen molar-refractivity contribution in [1.82, 2.24) is 0 Å². The Morgan fingerprint density at radius 2 is 1.92 bits per heavy atom. The van der Waals surface area contributed by atoms with Gasteiger partial charge in [0.1, 0.15) is 11.5 Å². The predicted molar refractivity (Wildman–Crippen MR) is 51.6 cm³/mol. The number of rotatable bonds is 1. The van der Waals surface area contributed by atoms with Crippen molar-refractivity contribution >= 4 is 13.1 Å². The van der Waals surface area contributed by atoms with Gasteiger partial charge < -0.3 is 4.89 Å². The van der Waals surface area contributed by atoms with Gasteiger partial charge in [-0.3, -0.25) is 0 Å². The fraction of sp³-hybridized carbons (Fsp3) is 0.300. The summed E-state index contributed by atoms with van der Waals surface area (Å²) in [6.45, 7) is 0. The average molecular weight is 178 g/mol. The highest BCUT2D eigenvalue weighted by molar-refractivity contribution is 7.52. The van der Waals surface area contributed by atoms with E-state index in [1.165, 1.54) is 10.9 Å². The van der Waals surface area contributed by atoms with Crippen LogP contribution in [-0.2, 0) is 0 Å². The molecule has 0 saturated carbocycles. The maximum Gasteiger partial charge on any atom is 0.124 e. The van der Waals surface area contributed by atoms with Gasteiger partial charge in [-0.1, -0.05) is 30.3 Å². The second kappa shape index (κ2) is 3.38. The Morgan fingerprint density at radius 3 is 2.50 bits per heavy atom. The van der Waals surface area contributed by atoms with Gasteiger partial charge in [0, 0.05) is 12.0 Å². The third-order valence-corrected chi connectivity index (χ3v) is 3.99. The second-order valence-electron chi connectivity index (χ2n) is 3.02. The molecule has 1 nitrogen and oxygen atoms in total. The summed E-state index contributed by atoms with van der Waals surface area (Å²) in [6.07, 6.45) is 3.01. The average Bonchev–Trinajstić information content (AvgIpc) is 2.53. The first-order valence-electron chi connectivity index (χ1n) is 4.24. The zero-order valence-electron chi connectivity index (χ0n) is 6.86. The lowest BCUT2D eigenvalue weighted by Crippen LogP contribution is -1.99. The van der Waals surface area contributed by atoms with Crippen LogP contribution in [0, 0.1) is 0 Å². The summed E-state index contributed by atoms with van der Waals surface area (Å²) in [4.78, 5) is 11.5. The lowest BCUT2D eigenvalue weighted by atomic mass is 10.1. The Hall–Kier alpha value is -0.650. The molecular weight excluding hydrogens is 167 g/mol.